The molecular weight excluding hydrogens is 314 g/mol. The highest BCUT2D eigenvalue weighted by atomic mass is 32.1. The number of methoxy groups -OCH3 is 1. The number of carbonyl (C=O) groups excluding carboxylic acids is 1. The van der Waals surface area contributed by atoms with Crippen molar-refractivity contribution in [1.82, 2.24) is 4.98 Å². The predicted octanol–water partition coefficient (Wildman–Crippen LogP) is 1.74. The molecule has 6 nitrogen and oxygen atoms in total. The number of unbranched alkanes of at least 4 members (excludes halogenated alkanes) is 1. The molecule has 1 aliphatic heterocycles. The number of fused-ring (bicyclic) bond motifs is 1. The Morgan fingerprint density at radius 2 is 2.52 bits per heavy atom. The van der Waals surface area contributed by atoms with Gasteiger partial charge in [0.1, 0.15) is 0 Å². The van der Waals surface area contributed by atoms with E-state index in [4.69, 9.17) is 14.7 Å². The van der Waals surface area contributed by atoms with E-state index in [0.717, 1.165) is 34.1 Å². The van der Waals surface area contributed by atoms with E-state index in [0.29, 0.717) is 12.8 Å². The fourth-order valence-electron chi connectivity index (χ4n) is 2.52. The minimum Gasteiger partial charge on any atom is -0.639 e. The molecule has 1 amide bonds. The van der Waals surface area contributed by atoms with Gasteiger partial charge < -0.3 is 14.5 Å². The molecule has 1 aromatic rings. The molecule has 3 rings (SSSR count). The standard InChI is InChI=1S/C16H17N3O3S/c1-21-9-13-16(20)19(10-22-13)11-5-6-12-14(8-11)23-15(18-12)4-2-3-7-17/h6,8,10,13H,2-5,9H2,1H3/t13-/m0/s1. The third-order valence-electron chi connectivity index (χ3n) is 3.68. The van der Waals surface area contributed by atoms with Gasteiger partial charge in [0.05, 0.1) is 33.9 Å². The summed E-state index contributed by atoms with van der Waals surface area (Å²) in [5.74, 6) is -0.103. The Balaban J connectivity index is 1.73. The Bertz CT molecular complexity index is 715. The first-order valence-corrected chi connectivity index (χ1v) is 8.26. The minimum atomic E-state index is -0.565. The molecule has 0 aromatic carbocycles. The molecule has 1 atom stereocenters. The monoisotopic (exact) mass is 331 g/mol. The second-order valence-corrected chi connectivity index (χ2v) is 6.42. The topological polar surface area (TPSA) is 76.4 Å². The molecule has 0 unspecified atom stereocenters. The average Bonchev–Trinajstić information content (AvgIpc) is 3.11. The lowest BCUT2D eigenvalue weighted by atomic mass is 10.1. The molecule has 0 saturated heterocycles. The Morgan fingerprint density at radius 1 is 1.65 bits per heavy atom. The van der Waals surface area contributed by atoms with Gasteiger partial charge in [-0.25, -0.2) is 16.9 Å². The molecule has 7 heteroatoms. The highest BCUT2D eigenvalue weighted by Gasteiger charge is 2.39. The number of carbonyl (C=O) groups is 1. The lowest BCUT2D eigenvalue weighted by Gasteiger charge is -2.18. The molecule has 23 heavy (non-hydrogen) atoms. The number of allylic oxidation sites excluding steroid dienone is 1. The van der Waals surface area contributed by atoms with Crippen LogP contribution in [0.5, 0.6) is 0 Å². The van der Waals surface area contributed by atoms with Crippen LogP contribution in [0.2, 0.25) is 0 Å². The van der Waals surface area contributed by atoms with Gasteiger partial charge in [-0.3, -0.25) is 0 Å². The third kappa shape index (κ3) is 3.28. The number of hydrogen-bond acceptors (Lipinski definition) is 4. The van der Waals surface area contributed by atoms with Crippen molar-refractivity contribution in [3.05, 3.63) is 27.7 Å². The lowest BCUT2D eigenvalue weighted by Crippen LogP contribution is -2.29. The van der Waals surface area contributed by atoms with Crippen molar-refractivity contribution in [2.75, 3.05) is 13.7 Å². The molecule has 120 valence electrons. The zero-order valence-corrected chi connectivity index (χ0v) is 13.6. The summed E-state index contributed by atoms with van der Waals surface area (Å²) in [5.41, 5.74) is 1.85. The zero-order valence-electron chi connectivity index (χ0n) is 12.8. The number of nitrogens with zero attached hydrogens (tertiary/aromatic N) is 3. The molecule has 0 fully saturated rings. The van der Waals surface area contributed by atoms with Crippen molar-refractivity contribution in [2.24, 2.45) is 0 Å². The number of nitriles is 1. The van der Waals surface area contributed by atoms with Gasteiger partial charge in [0, 0.05) is 20.0 Å². The van der Waals surface area contributed by atoms with Crippen LogP contribution in [-0.4, -0.2) is 36.7 Å². The second kappa shape index (κ2) is 6.94. The molecule has 0 spiro atoms. The molecule has 0 bridgehead atoms. The summed E-state index contributed by atoms with van der Waals surface area (Å²) < 4.78 is 11.9. The maximum Gasteiger partial charge on any atom is 0.438 e. The summed E-state index contributed by atoms with van der Waals surface area (Å²) in [5, 5.41) is 9.63. The van der Waals surface area contributed by atoms with Gasteiger partial charge in [-0.2, -0.15) is 5.26 Å². The van der Waals surface area contributed by atoms with E-state index in [9.17, 15) is 4.79 Å². The van der Waals surface area contributed by atoms with Crippen LogP contribution in [0.4, 0.5) is 0 Å². The van der Waals surface area contributed by atoms with E-state index in [1.54, 1.807) is 23.0 Å². The Kier molecular flexibility index (Phi) is 4.74. The third-order valence-corrected chi connectivity index (χ3v) is 4.76. The van der Waals surface area contributed by atoms with Crippen LogP contribution in [0.15, 0.2) is 5.70 Å². The molecule has 0 N–H and O–H groups in total. The van der Waals surface area contributed by atoms with E-state index in [-0.39, 0.29) is 12.5 Å². The van der Waals surface area contributed by atoms with E-state index >= 15 is 0 Å². The molecule has 2 aliphatic rings. The quantitative estimate of drug-likeness (QED) is 0.343. The zero-order chi connectivity index (χ0) is 16.2. The van der Waals surface area contributed by atoms with Crippen LogP contribution in [0.25, 0.3) is 6.08 Å². The highest BCUT2D eigenvalue weighted by molar-refractivity contribution is 7.12. The molecule has 1 aromatic heterocycles. The normalized spacial score (nSPS) is 19.3. The first-order valence-electron chi connectivity index (χ1n) is 7.44. The van der Waals surface area contributed by atoms with Crippen molar-refractivity contribution in [1.29, 1.82) is 5.26 Å². The first-order chi connectivity index (χ1) is 11.2. The van der Waals surface area contributed by atoms with E-state index in [1.165, 1.54) is 6.40 Å². The lowest BCUT2D eigenvalue weighted by molar-refractivity contribution is -0.392. The smallest absolute Gasteiger partial charge is 0.438 e. The van der Waals surface area contributed by atoms with Gasteiger partial charge >= 0.3 is 12.3 Å². The van der Waals surface area contributed by atoms with Gasteiger partial charge in [-0.05, 0) is 18.9 Å². The van der Waals surface area contributed by atoms with Crippen LogP contribution in [0.3, 0.4) is 0 Å². The Labute approximate surface area is 138 Å². The van der Waals surface area contributed by atoms with Gasteiger partial charge in [-0.15, -0.1) is 4.58 Å². The number of hydrogen-bond donors (Lipinski definition) is 0. The number of amides is 1. The van der Waals surface area contributed by atoms with Crippen molar-refractivity contribution in [3.8, 4) is 6.07 Å². The molecule has 0 saturated carbocycles. The van der Waals surface area contributed by atoms with E-state index in [2.05, 4.69) is 11.1 Å². The van der Waals surface area contributed by atoms with Crippen LogP contribution in [0.1, 0.15) is 34.8 Å². The second-order valence-electron chi connectivity index (χ2n) is 5.31. The summed E-state index contributed by atoms with van der Waals surface area (Å²) >= 11 is 1.62. The number of aryl methyl sites for hydroxylation is 1. The van der Waals surface area contributed by atoms with E-state index < -0.39 is 6.10 Å². The molecule has 1 aliphatic carbocycles. The van der Waals surface area contributed by atoms with Crippen molar-refractivity contribution in [3.63, 3.8) is 0 Å². The van der Waals surface area contributed by atoms with Crippen molar-refractivity contribution in [2.45, 2.75) is 31.8 Å². The SMILES string of the molecule is COC[C@@H]1OC=[N+](C2=Cc3[s+]c(CCCC#N)[n-]c3[CH-]C2)C1=O. The number of aromatic nitrogens is 1. The van der Waals surface area contributed by atoms with Crippen molar-refractivity contribution >= 4 is 29.7 Å². The van der Waals surface area contributed by atoms with Crippen LogP contribution in [-0.2, 0) is 20.7 Å². The van der Waals surface area contributed by atoms with Gasteiger partial charge in [0.2, 0.25) is 0 Å². The molecule has 2 heterocycles. The van der Waals surface area contributed by atoms with E-state index in [1.807, 2.05) is 12.5 Å². The van der Waals surface area contributed by atoms with Crippen LogP contribution >= 0.6 is 11.3 Å². The number of ether oxygens (including phenoxy) is 2. The fourth-order valence-corrected chi connectivity index (χ4v) is 3.59. The molecule has 0 radical (unpaired) electrons. The fraction of sp³-hybridized carbons (Fsp3) is 0.438. The summed E-state index contributed by atoms with van der Waals surface area (Å²) in [6, 6.07) is 2.15. The highest BCUT2D eigenvalue weighted by Crippen LogP contribution is 2.31. The number of rotatable bonds is 6. The minimum absolute atomic E-state index is 0.103. The van der Waals surface area contributed by atoms with Crippen molar-refractivity contribution < 1.29 is 18.8 Å². The average molecular weight is 331 g/mol. The van der Waals surface area contributed by atoms with Crippen LogP contribution in [0, 0.1) is 17.8 Å². The Hall–Kier alpha value is -2.17. The summed E-state index contributed by atoms with van der Waals surface area (Å²) in [6.45, 7) is 0.248. The Morgan fingerprint density at radius 3 is 3.30 bits per heavy atom. The maximum atomic E-state index is 12.3. The van der Waals surface area contributed by atoms with Gasteiger partial charge in [0.25, 0.3) is 6.10 Å². The summed E-state index contributed by atoms with van der Waals surface area (Å²) in [6.07, 6.45) is 7.74. The predicted molar refractivity (Wildman–Crippen MR) is 84.7 cm³/mol. The van der Waals surface area contributed by atoms with Gasteiger partial charge in [-0.1, -0.05) is 0 Å². The first kappa shape index (κ1) is 15.7. The van der Waals surface area contributed by atoms with Gasteiger partial charge in [0.15, 0.2) is 5.70 Å². The summed E-state index contributed by atoms with van der Waals surface area (Å²) in [7, 11) is 1.55. The largest absolute Gasteiger partial charge is 0.639 e. The summed E-state index contributed by atoms with van der Waals surface area (Å²) in [4.78, 5) is 17.9. The number of thiazole rings is 1. The maximum absolute atomic E-state index is 12.3. The van der Waals surface area contributed by atoms with Crippen LogP contribution < -0.4 is 4.98 Å². The molecular formula is C16H17N3O3S.